The van der Waals surface area contributed by atoms with Crippen LogP contribution in [0, 0.1) is 5.41 Å². The zero-order valence-corrected chi connectivity index (χ0v) is 8.54. The highest BCUT2D eigenvalue weighted by Crippen LogP contribution is 2.26. The Bertz CT molecular complexity index is 172. The molecule has 0 aliphatic rings. The Hall–Kier alpha value is -0.610. The van der Waals surface area contributed by atoms with Crippen LogP contribution in [0.25, 0.3) is 0 Å². The van der Waals surface area contributed by atoms with Crippen LogP contribution in [0.1, 0.15) is 26.7 Å². The molecule has 4 heteroatoms. The molecule has 0 aromatic carbocycles. The lowest BCUT2D eigenvalue weighted by atomic mass is 9.79. The molecule has 0 heterocycles. The van der Waals surface area contributed by atoms with Crippen LogP contribution in [0.4, 0.5) is 0 Å². The van der Waals surface area contributed by atoms with Crippen LogP contribution in [0.5, 0.6) is 0 Å². The maximum absolute atomic E-state index is 10.6. The predicted octanol–water partition coefficient (Wildman–Crippen LogP) is 0.851. The first-order valence-corrected chi connectivity index (χ1v) is 4.42. The number of aliphatic carboxylic acids is 1. The first-order chi connectivity index (χ1) is 5.96. The summed E-state index contributed by atoms with van der Waals surface area (Å²) in [6.45, 7) is 4.17. The monoisotopic (exact) mass is 189 g/mol. The van der Waals surface area contributed by atoms with Crippen molar-refractivity contribution in [3.8, 4) is 0 Å². The van der Waals surface area contributed by atoms with Gasteiger partial charge in [-0.2, -0.15) is 0 Å². The SMILES string of the molecule is CCC(N)C(C)(COC)CC(=O)O. The first-order valence-electron chi connectivity index (χ1n) is 4.42. The fourth-order valence-electron chi connectivity index (χ4n) is 1.46. The molecule has 2 unspecified atom stereocenters. The van der Waals surface area contributed by atoms with Gasteiger partial charge in [0.2, 0.25) is 0 Å². The summed E-state index contributed by atoms with van der Waals surface area (Å²) >= 11 is 0. The fraction of sp³-hybridized carbons (Fsp3) is 0.889. The van der Waals surface area contributed by atoms with Gasteiger partial charge >= 0.3 is 5.97 Å². The second-order valence-electron chi connectivity index (χ2n) is 3.67. The van der Waals surface area contributed by atoms with Gasteiger partial charge in [-0.3, -0.25) is 4.79 Å². The highest BCUT2D eigenvalue weighted by molar-refractivity contribution is 5.67. The van der Waals surface area contributed by atoms with Crippen molar-refractivity contribution in [1.29, 1.82) is 0 Å². The van der Waals surface area contributed by atoms with Crippen molar-refractivity contribution in [3.63, 3.8) is 0 Å². The summed E-state index contributed by atoms with van der Waals surface area (Å²) in [4.78, 5) is 10.6. The topological polar surface area (TPSA) is 72.5 Å². The molecule has 0 saturated carbocycles. The van der Waals surface area contributed by atoms with Crippen LogP contribution >= 0.6 is 0 Å². The summed E-state index contributed by atoms with van der Waals surface area (Å²) in [5.41, 5.74) is 5.38. The lowest BCUT2D eigenvalue weighted by molar-refractivity contribution is -0.141. The average Bonchev–Trinajstić information content (AvgIpc) is 2.02. The maximum Gasteiger partial charge on any atom is 0.304 e. The minimum atomic E-state index is -0.830. The number of carbonyl (C=O) groups is 1. The Balaban J connectivity index is 4.40. The Labute approximate surface area is 79.1 Å². The van der Waals surface area contributed by atoms with Crippen molar-refractivity contribution in [2.24, 2.45) is 11.1 Å². The largest absolute Gasteiger partial charge is 0.481 e. The molecule has 78 valence electrons. The minimum absolute atomic E-state index is 0.0514. The van der Waals surface area contributed by atoms with E-state index in [1.165, 1.54) is 0 Å². The van der Waals surface area contributed by atoms with Gasteiger partial charge in [0.05, 0.1) is 13.0 Å². The van der Waals surface area contributed by atoms with E-state index in [-0.39, 0.29) is 12.5 Å². The molecule has 4 nitrogen and oxygen atoms in total. The molecular formula is C9H19NO3. The lowest BCUT2D eigenvalue weighted by Gasteiger charge is -2.32. The summed E-state index contributed by atoms with van der Waals surface area (Å²) in [6, 6.07) is -0.136. The van der Waals surface area contributed by atoms with Crippen molar-refractivity contribution >= 4 is 5.97 Å². The number of hydrogen-bond acceptors (Lipinski definition) is 3. The predicted molar refractivity (Wildman–Crippen MR) is 50.5 cm³/mol. The van der Waals surface area contributed by atoms with Crippen molar-refractivity contribution in [3.05, 3.63) is 0 Å². The minimum Gasteiger partial charge on any atom is -0.481 e. The summed E-state index contributed by atoms with van der Waals surface area (Å²) < 4.78 is 4.99. The third-order valence-electron chi connectivity index (χ3n) is 2.36. The van der Waals surface area contributed by atoms with E-state index in [1.807, 2.05) is 13.8 Å². The van der Waals surface area contributed by atoms with Gasteiger partial charge in [-0.15, -0.1) is 0 Å². The molecule has 0 bridgehead atoms. The zero-order chi connectivity index (χ0) is 10.5. The molecule has 0 fully saturated rings. The number of carboxylic acid groups (broad SMARTS) is 1. The van der Waals surface area contributed by atoms with E-state index in [0.717, 1.165) is 6.42 Å². The number of methoxy groups -OCH3 is 1. The number of hydrogen-bond donors (Lipinski definition) is 2. The second-order valence-corrected chi connectivity index (χ2v) is 3.67. The van der Waals surface area contributed by atoms with E-state index in [2.05, 4.69) is 0 Å². The maximum atomic E-state index is 10.6. The molecule has 0 rings (SSSR count). The smallest absolute Gasteiger partial charge is 0.304 e. The Kier molecular flexibility index (Phi) is 4.95. The van der Waals surface area contributed by atoms with E-state index in [1.54, 1.807) is 7.11 Å². The van der Waals surface area contributed by atoms with Crippen molar-refractivity contribution in [1.82, 2.24) is 0 Å². The molecule has 0 spiro atoms. The van der Waals surface area contributed by atoms with Gasteiger partial charge in [-0.25, -0.2) is 0 Å². The summed E-state index contributed by atoms with van der Waals surface area (Å²) in [7, 11) is 1.56. The van der Waals surface area contributed by atoms with Crippen LogP contribution in [-0.2, 0) is 9.53 Å². The van der Waals surface area contributed by atoms with Crippen molar-refractivity contribution < 1.29 is 14.6 Å². The Morgan fingerprint density at radius 3 is 2.54 bits per heavy atom. The molecule has 0 aliphatic heterocycles. The number of carboxylic acids is 1. The molecule has 0 aliphatic carbocycles. The number of ether oxygens (including phenoxy) is 1. The highest BCUT2D eigenvalue weighted by Gasteiger charge is 2.33. The molecule has 0 amide bonds. The van der Waals surface area contributed by atoms with E-state index in [0.29, 0.717) is 6.61 Å². The van der Waals surface area contributed by atoms with Crippen LogP contribution < -0.4 is 5.73 Å². The van der Waals surface area contributed by atoms with Crippen LogP contribution in [0.2, 0.25) is 0 Å². The van der Waals surface area contributed by atoms with Gasteiger partial charge in [0.25, 0.3) is 0 Å². The lowest BCUT2D eigenvalue weighted by Crippen LogP contribution is -2.43. The van der Waals surface area contributed by atoms with Crippen molar-refractivity contribution in [2.45, 2.75) is 32.7 Å². The highest BCUT2D eigenvalue weighted by atomic mass is 16.5. The quantitative estimate of drug-likeness (QED) is 0.649. The van der Waals surface area contributed by atoms with Crippen LogP contribution in [0.3, 0.4) is 0 Å². The fourth-order valence-corrected chi connectivity index (χ4v) is 1.46. The number of rotatable bonds is 6. The van der Waals surface area contributed by atoms with Gasteiger partial charge in [-0.05, 0) is 6.42 Å². The Morgan fingerprint density at radius 2 is 2.23 bits per heavy atom. The van der Waals surface area contributed by atoms with Crippen molar-refractivity contribution in [2.75, 3.05) is 13.7 Å². The summed E-state index contributed by atoms with van der Waals surface area (Å²) in [5, 5.41) is 8.71. The molecule has 0 aromatic rings. The van der Waals surface area contributed by atoms with E-state index < -0.39 is 11.4 Å². The molecule has 2 atom stereocenters. The normalized spacial score (nSPS) is 17.8. The Morgan fingerprint density at radius 1 is 1.69 bits per heavy atom. The van der Waals surface area contributed by atoms with E-state index in [4.69, 9.17) is 15.6 Å². The summed E-state index contributed by atoms with van der Waals surface area (Å²) in [5.74, 6) is -0.830. The molecule has 13 heavy (non-hydrogen) atoms. The molecule has 0 saturated heterocycles. The third-order valence-corrected chi connectivity index (χ3v) is 2.36. The first kappa shape index (κ1) is 12.4. The zero-order valence-electron chi connectivity index (χ0n) is 8.54. The van der Waals surface area contributed by atoms with E-state index >= 15 is 0 Å². The molecule has 3 N–H and O–H groups in total. The van der Waals surface area contributed by atoms with Gasteiger partial charge in [0.15, 0.2) is 0 Å². The summed E-state index contributed by atoms with van der Waals surface area (Å²) in [6.07, 6.45) is 0.809. The standard InChI is InChI=1S/C9H19NO3/c1-4-7(10)9(2,6-13-3)5-8(11)12/h7H,4-6,10H2,1-3H3,(H,11,12). The van der Waals surface area contributed by atoms with E-state index in [9.17, 15) is 4.79 Å². The molecular weight excluding hydrogens is 170 g/mol. The molecule has 0 aromatic heterocycles. The third kappa shape index (κ3) is 3.74. The van der Waals surface area contributed by atoms with Gasteiger partial charge in [0.1, 0.15) is 0 Å². The van der Waals surface area contributed by atoms with Gasteiger partial charge in [0, 0.05) is 18.6 Å². The van der Waals surface area contributed by atoms with Crippen LogP contribution in [0.15, 0.2) is 0 Å². The second kappa shape index (κ2) is 5.19. The van der Waals surface area contributed by atoms with Crippen LogP contribution in [-0.4, -0.2) is 30.8 Å². The number of nitrogens with two attached hydrogens (primary N) is 1. The van der Waals surface area contributed by atoms with Gasteiger partial charge in [-0.1, -0.05) is 13.8 Å². The molecule has 0 radical (unpaired) electrons. The average molecular weight is 189 g/mol. The van der Waals surface area contributed by atoms with Gasteiger partial charge < -0.3 is 15.6 Å².